The van der Waals surface area contributed by atoms with Crippen LogP contribution in [0.25, 0.3) is 10.8 Å². The lowest BCUT2D eigenvalue weighted by Crippen LogP contribution is -2.29. The number of fused-ring (bicyclic) bond motifs is 2. The first-order valence-electron chi connectivity index (χ1n) is 6.71. The molecule has 5 nitrogen and oxygen atoms in total. The highest BCUT2D eigenvalue weighted by Gasteiger charge is 2.18. The van der Waals surface area contributed by atoms with Gasteiger partial charge in [0.1, 0.15) is 5.82 Å². The second-order valence-corrected chi connectivity index (χ2v) is 5.61. The van der Waals surface area contributed by atoms with E-state index in [2.05, 4.69) is 4.98 Å². The van der Waals surface area contributed by atoms with Gasteiger partial charge in [0.25, 0.3) is 0 Å². The Hall–Kier alpha value is -1.72. The Kier molecular flexibility index (Phi) is 4.03. The molecule has 1 aromatic heterocycles. The molecular formula is C15H17ClN2O3. The van der Waals surface area contributed by atoms with Crippen LogP contribution in [0.2, 0.25) is 0 Å². The zero-order valence-electron chi connectivity index (χ0n) is 12.0. The van der Waals surface area contributed by atoms with Crippen molar-refractivity contribution in [1.29, 1.82) is 0 Å². The second kappa shape index (κ2) is 5.95. The zero-order chi connectivity index (χ0) is 14.8. The fraction of sp³-hybridized carbons (Fsp3) is 0.400. The van der Waals surface area contributed by atoms with Crippen molar-refractivity contribution >= 4 is 28.2 Å². The summed E-state index contributed by atoms with van der Waals surface area (Å²) in [5.74, 6) is 2.40. The van der Waals surface area contributed by atoms with Crippen LogP contribution in [0.15, 0.2) is 24.4 Å². The number of alkyl halides is 1. The van der Waals surface area contributed by atoms with Gasteiger partial charge in [0.15, 0.2) is 11.5 Å². The normalized spacial score (nSPS) is 14.4. The monoisotopic (exact) mass is 308 g/mol. The van der Waals surface area contributed by atoms with Gasteiger partial charge in [0, 0.05) is 32.3 Å². The Bertz CT molecular complexity index is 650. The van der Waals surface area contributed by atoms with E-state index in [0.717, 1.165) is 28.1 Å². The Balaban J connectivity index is 1.94. The van der Waals surface area contributed by atoms with Gasteiger partial charge in [-0.3, -0.25) is 0 Å². The van der Waals surface area contributed by atoms with Crippen molar-refractivity contribution in [2.75, 3.05) is 39.0 Å². The van der Waals surface area contributed by atoms with Gasteiger partial charge in [0.05, 0.1) is 12.0 Å². The molecule has 2 heterocycles. The lowest BCUT2D eigenvalue weighted by molar-refractivity contribution is 0.174. The van der Waals surface area contributed by atoms with Gasteiger partial charge in [-0.1, -0.05) is 0 Å². The average Bonchev–Trinajstić information content (AvgIpc) is 2.91. The number of rotatable bonds is 5. The molecule has 21 heavy (non-hydrogen) atoms. The molecule has 6 heteroatoms. The van der Waals surface area contributed by atoms with Gasteiger partial charge in [0.2, 0.25) is 6.79 Å². The second-order valence-electron chi connectivity index (χ2n) is 4.99. The number of pyridine rings is 1. The molecule has 0 aliphatic carbocycles. The van der Waals surface area contributed by atoms with Crippen LogP contribution in [0.1, 0.15) is 0 Å². The largest absolute Gasteiger partial charge is 0.454 e. The number of halogens is 1. The summed E-state index contributed by atoms with van der Waals surface area (Å²) in [4.78, 5) is 6.50. The zero-order valence-corrected chi connectivity index (χ0v) is 12.8. The van der Waals surface area contributed by atoms with E-state index < -0.39 is 0 Å². The van der Waals surface area contributed by atoms with Crippen molar-refractivity contribution in [3.05, 3.63) is 24.4 Å². The quantitative estimate of drug-likeness (QED) is 0.795. The van der Waals surface area contributed by atoms with Gasteiger partial charge in [-0.05, 0) is 23.6 Å². The fourth-order valence-electron chi connectivity index (χ4n) is 2.47. The molecule has 1 unspecified atom stereocenters. The maximum atomic E-state index is 6.23. The Morgan fingerprint density at radius 1 is 1.38 bits per heavy atom. The van der Waals surface area contributed by atoms with Crippen molar-refractivity contribution in [2.45, 2.75) is 5.38 Å². The minimum atomic E-state index is -0.0916. The summed E-state index contributed by atoms with van der Waals surface area (Å²) in [5.41, 5.74) is 0. The lowest BCUT2D eigenvalue weighted by Gasteiger charge is -2.22. The lowest BCUT2D eigenvalue weighted by atomic mass is 10.1. The smallest absolute Gasteiger partial charge is 0.231 e. The predicted molar refractivity (Wildman–Crippen MR) is 82.7 cm³/mol. The maximum absolute atomic E-state index is 6.23. The van der Waals surface area contributed by atoms with Crippen LogP contribution < -0.4 is 14.4 Å². The van der Waals surface area contributed by atoms with E-state index in [1.807, 2.05) is 30.1 Å². The van der Waals surface area contributed by atoms with E-state index in [-0.39, 0.29) is 12.2 Å². The molecule has 2 aromatic rings. The number of aromatic nitrogens is 1. The maximum Gasteiger partial charge on any atom is 0.231 e. The first-order chi connectivity index (χ1) is 10.2. The highest BCUT2D eigenvalue weighted by molar-refractivity contribution is 6.21. The fourth-order valence-corrected chi connectivity index (χ4v) is 2.80. The van der Waals surface area contributed by atoms with Crippen molar-refractivity contribution in [2.24, 2.45) is 0 Å². The third-order valence-corrected chi connectivity index (χ3v) is 3.68. The van der Waals surface area contributed by atoms with Gasteiger partial charge in [-0.15, -0.1) is 11.6 Å². The molecule has 0 saturated heterocycles. The summed E-state index contributed by atoms with van der Waals surface area (Å²) in [5, 5.41) is 1.99. The molecule has 1 aliphatic heterocycles. The molecule has 0 N–H and O–H groups in total. The molecule has 0 amide bonds. The summed E-state index contributed by atoms with van der Waals surface area (Å²) in [6, 6.07) is 5.90. The summed E-state index contributed by atoms with van der Waals surface area (Å²) < 4.78 is 15.9. The number of ether oxygens (including phenoxy) is 3. The molecular weight excluding hydrogens is 292 g/mol. The first kappa shape index (κ1) is 14.2. The number of nitrogens with zero attached hydrogens (tertiary/aromatic N) is 2. The van der Waals surface area contributed by atoms with E-state index in [1.54, 1.807) is 13.3 Å². The SMILES string of the molecule is COCC(Cl)CN(C)c1nccc2cc3c(cc12)OCO3. The first-order valence-corrected chi connectivity index (χ1v) is 7.15. The van der Waals surface area contributed by atoms with Gasteiger partial charge >= 0.3 is 0 Å². The van der Waals surface area contributed by atoms with Crippen LogP contribution in [0.4, 0.5) is 5.82 Å². The van der Waals surface area contributed by atoms with Gasteiger partial charge in [-0.25, -0.2) is 4.98 Å². The minimum Gasteiger partial charge on any atom is -0.454 e. The topological polar surface area (TPSA) is 43.8 Å². The third-order valence-electron chi connectivity index (χ3n) is 3.42. The summed E-state index contributed by atoms with van der Waals surface area (Å²) in [7, 11) is 3.61. The van der Waals surface area contributed by atoms with Crippen LogP contribution in [-0.2, 0) is 4.74 Å². The van der Waals surface area contributed by atoms with Crippen LogP contribution in [-0.4, -0.2) is 44.5 Å². The number of benzene rings is 1. The molecule has 1 aliphatic rings. The average molecular weight is 309 g/mol. The predicted octanol–water partition coefficient (Wildman–Crippen LogP) is 2.65. The van der Waals surface area contributed by atoms with E-state index in [4.69, 9.17) is 25.8 Å². The van der Waals surface area contributed by atoms with E-state index in [0.29, 0.717) is 13.2 Å². The van der Waals surface area contributed by atoms with Crippen molar-refractivity contribution in [1.82, 2.24) is 4.98 Å². The Labute approximate surface area is 128 Å². The molecule has 0 bridgehead atoms. The molecule has 112 valence electrons. The molecule has 0 spiro atoms. The molecule has 0 fully saturated rings. The molecule has 0 saturated carbocycles. The van der Waals surface area contributed by atoms with Crippen molar-refractivity contribution < 1.29 is 14.2 Å². The summed E-state index contributed by atoms with van der Waals surface area (Å²) in [6.45, 7) is 1.42. The minimum absolute atomic E-state index is 0.0916. The van der Waals surface area contributed by atoms with Crippen LogP contribution >= 0.6 is 11.6 Å². The standard InChI is InChI=1S/C15H17ClN2O3/c1-18(7-11(16)8-19-2)15-12-6-14-13(20-9-21-14)5-10(12)3-4-17-15/h3-6,11H,7-9H2,1-2H3. The van der Waals surface area contributed by atoms with Crippen molar-refractivity contribution in [3.63, 3.8) is 0 Å². The highest BCUT2D eigenvalue weighted by Crippen LogP contribution is 2.38. The third kappa shape index (κ3) is 2.84. The summed E-state index contributed by atoms with van der Waals surface area (Å²) in [6.07, 6.45) is 1.79. The summed E-state index contributed by atoms with van der Waals surface area (Å²) >= 11 is 6.23. The Morgan fingerprint density at radius 2 is 2.14 bits per heavy atom. The highest BCUT2D eigenvalue weighted by atomic mass is 35.5. The molecule has 1 aromatic carbocycles. The van der Waals surface area contributed by atoms with E-state index >= 15 is 0 Å². The number of anilines is 1. The van der Waals surface area contributed by atoms with Crippen LogP contribution in [0.3, 0.4) is 0 Å². The number of hydrogen-bond donors (Lipinski definition) is 0. The van der Waals surface area contributed by atoms with Gasteiger partial charge < -0.3 is 19.1 Å². The Morgan fingerprint density at radius 3 is 2.90 bits per heavy atom. The number of hydrogen-bond acceptors (Lipinski definition) is 5. The molecule has 1 atom stereocenters. The van der Waals surface area contributed by atoms with E-state index in [1.165, 1.54) is 0 Å². The molecule has 0 radical (unpaired) electrons. The van der Waals surface area contributed by atoms with Gasteiger partial charge in [-0.2, -0.15) is 0 Å². The van der Waals surface area contributed by atoms with Crippen LogP contribution in [0, 0.1) is 0 Å². The number of methoxy groups -OCH3 is 1. The van der Waals surface area contributed by atoms with Crippen LogP contribution in [0.5, 0.6) is 11.5 Å². The molecule has 3 rings (SSSR count). The van der Waals surface area contributed by atoms with Crippen molar-refractivity contribution in [3.8, 4) is 11.5 Å². The van der Waals surface area contributed by atoms with E-state index in [9.17, 15) is 0 Å².